The van der Waals surface area contributed by atoms with Gasteiger partial charge in [-0.2, -0.15) is 11.8 Å². The summed E-state index contributed by atoms with van der Waals surface area (Å²) in [5, 5.41) is 0. The van der Waals surface area contributed by atoms with E-state index in [0.717, 1.165) is 18.7 Å². The van der Waals surface area contributed by atoms with Gasteiger partial charge in [0.15, 0.2) is 0 Å². The minimum absolute atomic E-state index is 0.548. The monoisotopic (exact) mass is 242 g/mol. The first-order valence-corrected chi connectivity index (χ1v) is 6.92. The van der Waals surface area contributed by atoms with E-state index in [4.69, 9.17) is 11.6 Å². The van der Waals surface area contributed by atoms with Crippen molar-refractivity contribution in [3.8, 4) is 0 Å². The van der Waals surface area contributed by atoms with Crippen LogP contribution >= 0.6 is 23.4 Å². The highest BCUT2D eigenvalue weighted by Gasteiger charge is 2.12. The lowest BCUT2D eigenvalue weighted by Gasteiger charge is -2.24. The third-order valence-corrected chi connectivity index (χ3v) is 3.92. The molecule has 0 bridgehead atoms. The minimum Gasteiger partial charge on any atom is -0.370 e. The summed E-state index contributed by atoms with van der Waals surface area (Å²) in [6, 6.07) is 2.08. The van der Waals surface area contributed by atoms with E-state index < -0.39 is 0 Å². The van der Waals surface area contributed by atoms with Crippen molar-refractivity contribution in [1.29, 1.82) is 0 Å². The van der Waals surface area contributed by atoms with E-state index in [1.165, 1.54) is 23.6 Å². The molecule has 0 saturated carbocycles. The number of aromatic nitrogens is 1. The second kappa shape index (κ2) is 5.61. The lowest BCUT2D eigenvalue weighted by Crippen LogP contribution is -2.26. The molecule has 1 aliphatic rings. The number of rotatable bonds is 2. The number of thioether (sulfide) groups is 1. The fraction of sp³-hybridized carbons (Fsp3) is 0.545. The number of anilines is 1. The summed E-state index contributed by atoms with van der Waals surface area (Å²) in [6.45, 7) is 2.26. The first kappa shape index (κ1) is 11.1. The fourth-order valence-electron chi connectivity index (χ4n) is 1.82. The Morgan fingerprint density at radius 1 is 1.40 bits per heavy atom. The summed E-state index contributed by atoms with van der Waals surface area (Å²) in [5.74, 6) is 3.04. The molecule has 1 fully saturated rings. The van der Waals surface area contributed by atoms with Gasteiger partial charge in [0.05, 0.1) is 5.88 Å². The summed E-state index contributed by atoms with van der Waals surface area (Å²) in [7, 11) is 0. The molecule has 2 rings (SSSR count). The van der Waals surface area contributed by atoms with Gasteiger partial charge >= 0.3 is 0 Å². The van der Waals surface area contributed by atoms with E-state index in [2.05, 4.69) is 16.0 Å². The van der Waals surface area contributed by atoms with Crippen LogP contribution in [0.1, 0.15) is 12.0 Å². The third-order valence-electron chi connectivity index (χ3n) is 2.58. The molecular formula is C11H15ClN2S. The van der Waals surface area contributed by atoms with E-state index >= 15 is 0 Å². The average molecular weight is 243 g/mol. The summed E-state index contributed by atoms with van der Waals surface area (Å²) >= 11 is 7.96. The van der Waals surface area contributed by atoms with Crippen molar-refractivity contribution in [3.63, 3.8) is 0 Å². The standard InChI is InChI=1S/C11H15ClN2S/c12-8-10-9-13-3-2-11(10)14-4-1-6-15-7-5-14/h2-3,9H,1,4-8H2. The van der Waals surface area contributed by atoms with E-state index in [-0.39, 0.29) is 0 Å². The van der Waals surface area contributed by atoms with Crippen LogP contribution in [0.2, 0.25) is 0 Å². The van der Waals surface area contributed by atoms with Crippen molar-refractivity contribution in [1.82, 2.24) is 4.98 Å². The van der Waals surface area contributed by atoms with Gasteiger partial charge in [-0.1, -0.05) is 0 Å². The molecule has 0 radical (unpaired) electrons. The van der Waals surface area contributed by atoms with Gasteiger partial charge in [-0.3, -0.25) is 4.98 Å². The molecule has 1 saturated heterocycles. The molecule has 0 unspecified atom stereocenters. The maximum absolute atomic E-state index is 5.92. The Labute approximate surface area is 100 Å². The molecule has 4 heteroatoms. The molecule has 82 valence electrons. The van der Waals surface area contributed by atoms with E-state index in [0.29, 0.717) is 5.88 Å². The van der Waals surface area contributed by atoms with Crippen LogP contribution < -0.4 is 4.90 Å². The van der Waals surface area contributed by atoms with Crippen molar-refractivity contribution in [2.75, 3.05) is 29.5 Å². The molecule has 1 aromatic rings. The Hall–Kier alpha value is -0.410. The Morgan fingerprint density at radius 3 is 3.20 bits per heavy atom. The van der Waals surface area contributed by atoms with Crippen molar-refractivity contribution in [2.45, 2.75) is 12.3 Å². The molecule has 15 heavy (non-hydrogen) atoms. The van der Waals surface area contributed by atoms with Crippen LogP contribution in [0.3, 0.4) is 0 Å². The van der Waals surface area contributed by atoms with Gasteiger partial charge < -0.3 is 4.90 Å². The van der Waals surface area contributed by atoms with E-state index in [1.807, 2.05) is 24.2 Å². The number of halogens is 1. The first-order chi connectivity index (χ1) is 7.42. The maximum atomic E-state index is 5.92. The van der Waals surface area contributed by atoms with Crippen LogP contribution in [0.5, 0.6) is 0 Å². The van der Waals surface area contributed by atoms with Gasteiger partial charge in [0.25, 0.3) is 0 Å². The number of alkyl halides is 1. The number of nitrogens with zero attached hydrogens (tertiary/aromatic N) is 2. The zero-order valence-corrected chi connectivity index (χ0v) is 10.2. The summed E-state index contributed by atoms with van der Waals surface area (Å²) < 4.78 is 0. The largest absolute Gasteiger partial charge is 0.370 e. The maximum Gasteiger partial charge on any atom is 0.0509 e. The molecule has 0 aliphatic carbocycles. The molecule has 2 heterocycles. The van der Waals surface area contributed by atoms with Crippen LogP contribution in [0.15, 0.2) is 18.5 Å². The zero-order chi connectivity index (χ0) is 10.5. The molecule has 0 spiro atoms. The zero-order valence-electron chi connectivity index (χ0n) is 8.66. The molecule has 0 atom stereocenters. The summed E-state index contributed by atoms with van der Waals surface area (Å²) in [5.41, 5.74) is 2.41. The van der Waals surface area contributed by atoms with Crippen molar-refractivity contribution in [2.24, 2.45) is 0 Å². The fourth-order valence-corrected chi connectivity index (χ4v) is 2.91. The molecule has 2 nitrogen and oxygen atoms in total. The van der Waals surface area contributed by atoms with Gasteiger partial charge in [0.2, 0.25) is 0 Å². The number of hydrogen-bond acceptors (Lipinski definition) is 3. The lowest BCUT2D eigenvalue weighted by molar-refractivity contribution is 0.811. The Balaban J connectivity index is 2.18. The first-order valence-electron chi connectivity index (χ1n) is 5.23. The Bertz CT molecular complexity index is 311. The molecule has 0 N–H and O–H groups in total. The second-order valence-electron chi connectivity index (χ2n) is 3.59. The predicted molar refractivity (Wildman–Crippen MR) is 67.9 cm³/mol. The van der Waals surface area contributed by atoms with Crippen LogP contribution in [-0.2, 0) is 5.88 Å². The highest BCUT2D eigenvalue weighted by atomic mass is 35.5. The lowest BCUT2D eigenvalue weighted by atomic mass is 10.2. The van der Waals surface area contributed by atoms with Crippen molar-refractivity contribution >= 4 is 29.1 Å². The number of pyridine rings is 1. The van der Waals surface area contributed by atoms with Crippen LogP contribution in [-0.4, -0.2) is 29.6 Å². The van der Waals surface area contributed by atoms with E-state index in [9.17, 15) is 0 Å². The normalized spacial score (nSPS) is 17.5. The Morgan fingerprint density at radius 2 is 2.33 bits per heavy atom. The third kappa shape index (κ3) is 2.79. The van der Waals surface area contributed by atoms with Gasteiger partial charge in [-0.25, -0.2) is 0 Å². The van der Waals surface area contributed by atoms with Crippen LogP contribution in [0, 0.1) is 0 Å². The van der Waals surface area contributed by atoms with E-state index in [1.54, 1.807) is 0 Å². The highest BCUT2D eigenvalue weighted by Crippen LogP contribution is 2.23. The van der Waals surface area contributed by atoms with Gasteiger partial charge in [0, 0.05) is 42.5 Å². The van der Waals surface area contributed by atoms with Gasteiger partial charge in [-0.05, 0) is 18.2 Å². The summed E-state index contributed by atoms with van der Waals surface area (Å²) in [6.07, 6.45) is 4.98. The Kier molecular flexibility index (Phi) is 4.15. The molecule has 1 aliphatic heterocycles. The molecule has 0 aromatic carbocycles. The average Bonchev–Trinajstić information content (AvgIpc) is 2.57. The molecule has 0 amide bonds. The van der Waals surface area contributed by atoms with Crippen LogP contribution in [0.4, 0.5) is 5.69 Å². The van der Waals surface area contributed by atoms with Gasteiger partial charge in [0.1, 0.15) is 0 Å². The molecular weight excluding hydrogens is 228 g/mol. The van der Waals surface area contributed by atoms with Crippen molar-refractivity contribution in [3.05, 3.63) is 24.0 Å². The highest BCUT2D eigenvalue weighted by molar-refractivity contribution is 7.99. The smallest absolute Gasteiger partial charge is 0.0509 e. The predicted octanol–water partition coefficient (Wildman–Crippen LogP) is 2.76. The second-order valence-corrected chi connectivity index (χ2v) is 5.08. The minimum atomic E-state index is 0.548. The summed E-state index contributed by atoms with van der Waals surface area (Å²) in [4.78, 5) is 6.55. The van der Waals surface area contributed by atoms with Gasteiger partial charge in [-0.15, -0.1) is 11.6 Å². The topological polar surface area (TPSA) is 16.1 Å². The SMILES string of the molecule is ClCc1cnccc1N1CCCSCC1. The molecule has 1 aromatic heterocycles. The number of hydrogen-bond donors (Lipinski definition) is 0. The van der Waals surface area contributed by atoms with Crippen LogP contribution in [0.25, 0.3) is 0 Å². The quantitative estimate of drug-likeness (QED) is 0.742. The van der Waals surface area contributed by atoms with Crippen molar-refractivity contribution < 1.29 is 0 Å².